The first-order valence-corrected chi connectivity index (χ1v) is 5.10. The number of carbonyl (C=O) groups is 1. The van der Waals surface area contributed by atoms with Crippen molar-refractivity contribution >= 4 is 5.97 Å². The zero-order valence-electron chi connectivity index (χ0n) is 8.57. The zero-order valence-corrected chi connectivity index (χ0v) is 8.57. The summed E-state index contributed by atoms with van der Waals surface area (Å²) in [5, 5.41) is 8.57. The van der Waals surface area contributed by atoms with Crippen LogP contribution in [-0.4, -0.2) is 15.6 Å². The van der Waals surface area contributed by atoms with Gasteiger partial charge in [0.05, 0.1) is 6.42 Å². The van der Waals surface area contributed by atoms with Gasteiger partial charge in [-0.15, -0.1) is 0 Å². The van der Waals surface area contributed by atoms with Crippen LogP contribution in [0.15, 0.2) is 18.3 Å². The van der Waals surface area contributed by atoms with Gasteiger partial charge in [0.25, 0.3) is 0 Å². The summed E-state index contributed by atoms with van der Waals surface area (Å²) >= 11 is 0. The summed E-state index contributed by atoms with van der Waals surface area (Å²) in [5.41, 5.74) is 1.13. The van der Waals surface area contributed by atoms with Crippen LogP contribution in [0.2, 0.25) is 0 Å². The molecule has 1 heterocycles. The minimum absolute atomic E-state index is 0.218. The molecule has 0 bridgehead atoms. The van der Waals surface area contributed by atoms with E-state index in [0.717, 1.165) is 25.1 Å². The highest BCUT2D eigenvalue weighted by Gasteiger charge is 2.03. The molecule has 0 radical (unpaired) electrons. The van der Waals surface area contributed by atoms with Crippen LogP contribution in [0.25, 0.3) is 0 Å². The molecule has 0 saturated carbocycles. The summed E-state index contributed by atoms with van der Waals surface area (Å²) in [5.74, 6) is -0.728. The van der Waals surface area contributed by atoms with Gasteiger partial charge < -0.3 is 9.67 Å². The quantitative estimate of drug-likeness (QED) is 0.756. The molecule has 3 heteroatoms. The van der Waals surface area contributed by atoms with E-state index in [2.05, 4.69) is 11.5 Å². The summed E-state index contributed by atoms with van der Waals surface area (Å²) in [6, 6.07) is 3.98. The topological polar surface area (TPSA) is 42.2 Å². The van der Waals surface area contributed by atoms with E-state index in [-0.39, 0.29) is 6.42 Å². The van der Waals surface area contributed by atoms with Crippen LogP contribution >= 0.6 is 0 Å². The highest BCUT2D eigenvalue weighted by atomic mass is 16.4. The number of aryl methyl sites for hydroxylation is 2. The summed E-state index contributed by atoms with van der Waals surface area (Å²) < 4.78 is 2.15. The van der Waals surface area contributed by atoms with Gasteiger partial charge in [-0.1, -0.05) is 13.3 Å². The number of hydrogen-bond acceptors (Lipinski definition) is 1. The molecule has 0 unspecified atom stereocenters. The highest BCUT2D eigenvalue weighted by Crippen LogP contribution is 2.07. The van der Waals surface area contributed by atoms with Crippen molar-refractivity contribution in [2.45, 2.75) is 39.2 Å². The molecular weight excluding hydrogens is 178 g/mol. The van der Waals surface area contributed by atoms with Crippen molar-refractivity contribution in [2.75, 3.05) is 0 Å². The Morgan fingerprint density at radius 1 is 1.57 bits per heavy atom. The molecule has 0 aliphatic heterocycles. The highest BCUT2D eigenvalue weighted by molar-refractivity contribution is 5.66. The average molecular weight is 195 g/mol. The van der Waals surface area contributed by atoms with E-state index in [0.29, 0.717) is 6.42 Å². The molecule has 1 N–H and O–H groups in total. The lowest BCUT2D eigenvalue weighted by molar-refractivity contribution is -0.136. The minimum Gasteiger partial charge on any atom is -0.481 e. The predicted octanol–water partition coefficient (Wildman–Crippen LogP) is 2.31. The van der Waals surface area contributed by atoms with E-state index in [1.807, 2.05) is 18.3 Å². The van der Waals surface area contributed by atoms with Gasteiger partial charge in [-0.05, 0) is 25.0 Å². The fourth-order valence-corrected chi connectivity index (χ4v) is 1.46. The van der Waals surface area contributed by atoms with E-state index in [4.69, 9.17) is 5.11 Å². The number of unbranched alkanes of at least 4 members (excludes halogenated alkanes) is 1. The number of aromatic nitrogens is 1. The smallest absolute Gasteiger partial charge is 0.303 e. The van der Waals surface area contributed by atoms with Crippen LogP contribution < -0.4 is 0 Å². The predicted molar refractivity (Wildman–Crippen MR) is 55.3 cm³/mol. The van der Waals surface area contributed by atoms with Crippen molar-refractivity contribution in [1.82, 2.24) is 4.57 Å². The zero-order chi connectivity index (χ0) is 10.4. The van der Waals surface area contributed by atoms with E-state index < -0.39 is 5.97 Å². The number of rotatable bonds is 6. The van der Waals surface area contributed by atoms with Crippen molar-refractivity contribution < 1.29 is 9.90 Å². The van der Waals surface area contributed by atoms with E-state index in [9.17, 15) is 4.79 Å². The Balaban J connectivity index is 2.49. The minimum atomic E-state index is -0.728. The maximum Gasteiger partial charge on any atom is 0.303 e. The molecular formula is C11H17NO2. The molecule has 1 rings (SSSR count). The molecule has 0 atom stereocenters. The third kappa shape index (κ3) is 3.24. The van der Waals surface area contributed by atoms with Crippen molar-refractivity contribution in [2.24, 2.45) is 0 Å². The van der Waals surface area contributed by atoms with Crippen LogP contribution in [0.3, 0.4) is 0 Å². The van der Waals surface area contributed by atoms with Crippen molar-refractivity contribution in [3.63, 3.8) is 0 Å². The lowest BCUT2D eigenvalue weighted by Crippen LogP contribution is -2.04. The first-order valence-electron chi connectivity index (χ1n) is 5.10. The number of hydrogen-bond donors (Lipinski definition) is 1. The van der Waals surface area contributed by atoms with Crippen LogP contribution in [0, 0.1) is 0 Å². The molecule has 0 amide bonds. The van der Waals surface area contributed by atoms with Gasteiger partial charge in [-0.3, -0.25) is 4.79 Å². The normalized spacial score (nSPS) is 10.4. The summed E-state index contributed by atoms with van der Waals surface area (Å²) in [6.45, 7) is 3.15. The molecule has 0 aromatic carbocycles. The number of carboxylic acids is 1. The third-order valence-corrected chi connectivity index (χ3v) is 2.27. The van der Waals surface area contributed by atoms with Crippen molar-refractivity contribution in [3.05, 3.63) is 24.0 Å². The number of aliphatic carboxylic acids is 1. The molecule has 0 fully saturated rings. The van der Waals surface area contributed by atoms with E-state index >= 15 is 0 Å². The third-order valence-electron chi connectivity index (χ3n) is 2.27. The maximum absolute atomic E-state index is 10.4. The second kappa shape index (κ2) is 5.47. The van der Waals surface area contributed by atoms with Gasteiger partial charge in [-0.25, -0.2) is 0 Å². The molecule has 3 nitrogen and oxygen atoms in total. The average Bonchev–Trinajstić information content (AvgIpc) is 2.58. The van der Waals surface area contributed by atoms with Crippen molar-refractivity contribution in [3.8, 4) is 0 Å². The lowest BCUT2D eigenvalue weighted by atomic mass is 10.2. The Kier molecular flexibility index (Phi) is 4.23. The van der Waals surface area contributed by atoms with Crippen LogP contribution in [0.5, 0.6) is 0 Å². The first-order chi connectivity index (χ1) is 6.74. The lowest BCUT2D eigenvalue weighted by Gasteiger charge is -2.06. The van der Waals surface area contributed by atoms with Gasteiger partial charge >= 0.3 is 5.97 Å². The van der Waals surface area contributed by atoms with Crippen LogP contribution in [0.4, 0.5) is 0 Å². The van der Waals surface area contributed by atoms with E-state index in [1.165, 1.54) is 0 Å². The van der Waals surface area contributed by atoms with Crippen LogP contribution in [0.1, 0.15) is 31.9 Å². The SMILES string of the molecule is CCCCn1cccc1CCC(=O)O. The molecule has 0 aliphatic carbocycles. The molecule has 0 saturated heterocycles. The number of carboxylic acid groups (broad SMARTS) is 1. The Morgan fingerprint density at radius 3 is 3.00 bits per heavy atom. The van der Waals surface area contributed by atoms with Crippen molar-refractivity contribution in [1.29, 1.82) is 0 Å². The fourth-order valence-electron chi connectivity index (χ4n) is 1.46. The summed E-state index contributed by atoms with van der Waals surface area (Å²) in [4.78, 5) is 10.4. The second-order valence-electron chi connectivity index (χ2n) is 3.44. The van der Waals surface area contributed by atoms with Gasteiger partial charge in [0.2, 0.25) is 0 Å². The molecule has 0 aliphatic rings. The molecule has 1 aromatic rings. The standard InChI is InChI=1S/C11H17NO2/c1-2-3-8-12-9-4-5-10(12)6-7-11(13)14/h4-5,9H,2-3,6-8H2,1H3,(H,13,14). The summed E-state index contributed by atoms with van der Waals surface area (Å²) in [7, 11) is 0. The largest absolute Gasteiger partial charge is 0.481 e. The van der Waals surface area contributed by atoms with Gasteiger partial charge in [0.1, 0.15) is 0 Å². The second-order valence-corrected chi connectivity index (χ2v) is 3.44. The first kappa shape index (κ1) is 10.8. The van der Waals surface area contributed by atoms with Gasteiger partial charge in [0, 0.05) is 18.4 Å². The Bertz CT molecular complexity index is 291. The monoisotopic (exact) mass is 195 g/mol. The van der Waals surface area contributed by atoms with Gasteiger partial charge in [0.15, 0.2) is 0 Å². The Morgan fingerprint density at radius 2 is 2.36 bits per heavy atom. The fraction of sp³-hybridized carbons (Fsp3) is 0.545. The molecule has 78 valence electrons. The molecule has 1 aromatic heterocycles. The Hall–Kier alpha value is -1.25. The maximum atomic E-state index is 10.4. The van der Waals surface area contributed by atoms with E-state index in [1.54, 1.807) is 0 Å². The molecule has 0 spiro atoms. The molecule has 14 heavy (non-hydrogen) atoms. The van der Waals surface area contributed by atoms with Gasteiger partial charge in [-0.2, -0.15) is 0 Å². The Labute approximate surface area is 84.4 Å². The van der Waals surface area contributed by atoms with Crippen LogP contribution in [-0.2, 0) is 17.8 Å². The number of nitrogens with zero attached hydrogens (tertiary/aromatic N) is 1. The summed E-state index contributed by atoms with van der Waals surface area (Å²) in [6.07, 6.45) is 5.18.